The molecule has 0 saturated heterocycles. The van der Waals surface area contributed by atoms with Crippen LogP contribution in [0.2, 0.25) is 0 Å². The van der Waals surface area contributed by atoms with Crippen molar-refractivity contribution < 1.29 is 0 Å². The number of thioether (sulfide) groups is 1. The highest BCUT2D eigenvalue weighted by Crippen LogP contribution is 2.13. The Hall–Kier alpha value is -0.240. The van der Waals surface area contributed by atoms with E-state index in [4.69, 9.17) is 0 Å². The van der Waals surface area contributed by atoms with Gasteiger partial charge in [0.1, 0.15) is 0 Å². The lowest BCUT2D eigenvalue weighted by molar-refractivity contribution is 1.34. The van der Waals surface area contributed by atoms with E-state index in [-0.39, 0.29) is 0 Å². The van der Waals surface area contributed by atoms with E-state index in [0.717, 1.165) is 5.75 Å². The number of hydrogen-bond donors (Lipinski definition) is 0. The summed E-state index contributed by atoms with van der Waals surface area (Å²) in [6.07, 6.45) is 2.04. The van der Waals surface area contributed by atoms with Gasteiger partial charge in [0, 0.05) is 11.4 Å². The topological polar surface area (TPSA) is 12.4 Å². The standard InChI is InChI=1S/C5H7NS/c1-2-5-3-7-4-6-5/h2,4H,3H2,1H3/b5-2+. The predicted octanol–water partition coefficient (Wildman–Crippen LogP) is 1.67. The van der Waals surface area contributed by atoms with E-state index < -0.39 is 0 Å². The largest absolute Gasteiger partial charge is 0.254 e. The Balaban J connectivity index is 2.59. The lowest BCUT2D eigenvalue weighted by Gasteiger charge is -1.81. The Morgan fingerprint density at radius 3 is 3.14 bits per heavy atom. The fraction of sp³-hybridized carbons (Fsp3) is 0.400. The zero-order valence-electron chi connectivity index (χ0n) is 4.22. The Morgan fingerprint density at radius 1 is 2.00 bits per heavy atom. The number of allylic oxidation sites excluding steroid dienone is 1. The van der Waals surface area contributed by atoms with Gasteiger partial charge in [-0.2, -0.15) is 0 Å². The molecule has 1 aliphatic heterocycles. The third-order valence-electron chi connectivity index (χ3n) is 0.858. The zero-order valence-corrected chi connectivity index (χ0v) is 5.03. The van der Waals surface area contributed by atoms with Crippen molar-refractivity contribution in [1.82, 2.24) is 0 Å². The van der Waals surface area contributed by atoms with Gasteiger partial charge in [0.25, 0.3) is 0 Å². The molecule has 0 spiro atoms. The fourth-order valence-corrected chi connectivity index (χ4v) is 1.12. The van der Waals surface area contributed by atoms with Crippen molar-refractivity contribution >= 4 is 17.3 Å². The maximum absolute atomic E-state index is 4.05. The number of nitrogens with zero attached hydrogens (tertiary/aromatic N) is 1. The summed E-state index contributed by atoms with van der Waals surface area (Å²) in [5.74, 6) is 1.07. The van der Waals surface area contributed by atoms with E-state index in [9.17, 15) is 0 Å². The Labute approximate surface area is 47.5 Å². The molecular formula is C5H7NS. The van der Waals surface area contributed by atoms with Crippen molar-refractivity contribution in [3.05, 3.63) is 11.8 Å². The molecule has 0 saturated carbocycles. The summed E-state index contributed by atoms with van der Waals surface area (Å²) in [6.45, 7) is 2.01. The highest BCUT2D eigenvalue weighted by molar-refractivity contribution is 8.12. The van der Waals surface area contributed by atoms with Crippen LogP contribution in [0.25, 0.3) is 0 Å². The summed E-state index contributed by atoms with van der Waals surface area (Å²) >= 11 is 1.75. The molecule has 0 aromatic heterocycles. The predicted molar refractivity (Wildman–Crippen MR) is 34.7 cm³/mol. The summed E-state index contributed by atoms with van der Waals surface area (Å²) < 4.78 is 0. The minimum absolute atomic E-state index is 1.07. The van der Waals surface area contributed by atoms with E-state index in [1.807, 2.05) is 18.5 Å². The van der Waals surface area contributed by atoms with Gasteiger partial charge < -0.3 is 0 Å². The van der Waals surface area contributed by atoms with Crippen LogP contribution in [0.4, 0.5) is 0 Å². The van der Waals surface area contributed by atoms with E-state index >= 15 is 0 Å². The molecular weight excluding hydrogens is 106 g/mol. The first-order chi connectivity index (χ1) is 3.43. The van der Waals surface area contributed by atoms with E-state index in [1.165, 1.54) is 5.70 Å². The number of hydrogen-bond acceptors (Lipinski definition) is 2. The average Bonchev–Trinajstić information content (AvgIpc) is 2.14. The molecule has 7 heavy (non-hydrogen) atoms. The second-order valence-electron chi connectivity index (χ2n) is 1.33. The molecule has 38 valence electrons. The highest BCUT2D eigenvalue weighted by atomic mass is 32.2. The van der Waals surface area contributed by atoms with Crippen LogP contribution in [0.5, 0.6) is 0 Å². The molecule has 2 heteroatoms. The monoisotopic (exact) mass is 113 g/mol. The molecule has 1 rings (SSSR count). The molecule has 0 bridgehead atoms. The van der Waals surface area contributed by atoms with Crippen molar-refractivity contribution in [3.63, 3.8) is 0 Å². The summed E-state index contributed by atoms with van der Waals surface area (Å²) in [5, 5.41) is 0. The Morgan fingerprint density at radius 2 is 2.86 bits per heavy atom. The second kappa shape index (κ2) is 2.17. The van der Waals surface area contributed by atoms with Gasteiger partial charge in [0.2, 0.25) is 0 Å². The van der Waals surface area contributed by atoms with Crippen LogP contribution < -0.4 is 0 Å². The normalized spacial score (nSPS) is 24.4. The minimum atomic E-state index is 1.07. The maximum atomic E-state index is 4.05. The van der Waals surface area contributed by atoms with Crippen molar-refractivity contribution in [2.75, 3.05) is 5.75 Å². The van der Waals surface area contributed by atoms with Crippen LogP contribution in [0, 0.1) is 0 Å². The van der Waals surface area contributed by atoms with Gasteiger partial charge in [-0.1, -0.05) is 6.08 Å². The smallest absolute Gasteiger partial charge is 0.0604 e. The Bertz CT molecular complexity index is 112. The van der Waals surface area contributed by atoms with Crippen molar-refractivity contribution in [3.8, 4) is 0 Å². The number of aliphatic imine (C=N–C) groups is 1. The molecule has 0 fully saturated rings. The van der Waals surface area contributed by atoms with Crippen LogP contribution in [0.3, 0.4) is 0 Å². The molecule has 0 N–H and O–H groups in total. The van der Waals surface area contributed by atoms with Gasteiger partial charge in [0.05, 0.1) is 5.55 Å². The fourth-order valence-electron chi connectivity index (χ4n) is 0.423. The summed E-state index contributed by atoms with van der Waals surface area (Å²) in [4.78, 5) is 4.05. The van der Waals surface area contributed by atoms with Crippen LogP contribution in [0.15, 0.2) is 16.8 Å². The molecule has 0 aromatic carbocycles. The Kier molecular flexibility index (Phi) is 1.52. The van der Waals surface area contributed by atoms with Gasteiger partial charge in [-0.05, 0) is 6.92 Å². The van der Waals surface area contributed by atoms with Crippen LogP contribution in [0.1, 0.15) is 6.92 Å². The SMILES string of the molecule is C/C=C1\CSC=N1. The minimum Gasteiger partial charge on any atom is -0.254 e. The maximum Gasteiger partial charge on any atom is 0.0604 e. The van der Waals surface area contributed by atoms with Gasteiger partial charge in [-0.25, -0.2) is 0 Å². The average molecular weight is 113 g/mol. The molecule has 1 aliphatic rings. The third-order valence-corrected chi connectivity index (χ3v) is 1.57. The lowest BCUT2D eigenvalue weighted by atomic mass is 10.5. The van der Waals surface area contributed by atoms with Crippen LogP contribution in [-0.4, -0.2) is 11.3 Å². The first kappa shape index (κ1) is 4.91. The first-order valence-electron chi connectivity index (χ1n) is 2.23. The van der Waals surface area contributed by atoms with E-state index in [2.05, 4.69) is 4.99 Å². The van der Waals surface area contributed by atoms with Crippen LogP contribution >= 0.6 is 11.8 Å². The summed E-state index contributed by atoms with van der Waals surface area (Å²) in [6, 6.07) is 0. The van der Waals surface area contributed by atoms with Crippen molar-refractivity contribution in [2.45, 2.75) is 6.92 Å². The quantitative estimate of drug-likeness (QED) is 0.465. The van der Waals surface area contributed by atoms with Crippen LogP contribution in [-0.2, 0) is 0 Å². The van der Waals surface area contributed by atoms with Gasteiger partial charge in [0.15, 0.2) is 0 Å². The van der Waals surface area contributed by atoms with Gasteiger partial charge >= 0.3 is 0 Å². The molecule has 0 amide bonds. The van der Waals surface area contributed by atoms with Gasteiger partial charge in [-0.3, -0.25) is 4.99 Å². The molecule has 0 radical (unpaired) electrons. The van der Waals surface area contributed by atoms with E-state index in [1.54, 1.807) is 11.8 Å². The lowest BCUT2D eigenvalue weighted by Crippen LogP contribution is -1.70. The summed E-state index contributed by atoms with van der Waals surface area (Å²) in [5.41, 5.74) is 3.08. The third kappa shape index (κ3) is 1.06. The van der Waals surface area contributed by atoms with E-state index in [0.29, 0.717) is 0 Å². The number of rotatable bonds is 0. The van der Waals surface area contributed by atoms with Gasteiger partial charge in [-0.15, -0.1) is 11.8 Å². The van der Waals surface area contributed by atoms with Crippen molar-refractivity contribution in [1.29, 1.82) is 0 Å². The zero-order chi connectivity index (χ0) is 5.11. The molecule has 0 unspecified atom stereocenters. The summed E-state index contributed by atoms with van der Waals surface area (Å²) in [7, 11) is 0. The molecule has 1 nitrogen and oxygen atoms in total. The molecule has 0 aliphatic carbocycles. The molecule has 0 atom stereocenters. The molecule has 0 aromatic rings. The second-order valence-corrected chi connectivity index (χ2v) is 2.16. The van der Waals surface area contributed by atoms with Crippen molar-refractivity contribution in [2.24, 2.45) is 4.99 Å². The highest BCUT2D eigenvalue weighted by Gasteiger charge is 1.96. The first-order valence-corrected chi connectivity index (χ1v) is 3.27. The molecule has 1 heterocycles.